The van der Waals surface area contributed by atoms with Gasteiger partial charge in [0.2, 0.25) is 5.95 Å². The number of nitrogens with zero attached hydrogens (tertiary/aromatic N) is 5. The molecule has 0 fully saturated rings. The summed E-state index contributed by atoms with van der Waals surface area (Å²) < 4.78 is 10.3. The van der Waals surface area contributed by atoms with Crippen molar-refractivity contribution in [2.45, 2.75) is 26.9 Å². The summed E-state index contributed by atoms with van der Waals surface area (Å²) in [6.07, 6.45) is 0. The van der Waals surface area contributed by atoms with Crippen molar-refractivity contribution in [3.8, 4) is 5.75 Å². The molecule has 4 aromatic rings. The number of benzene rings is 2. The highest BCUT2D eigenvalue weighted by Gasteiger charge is 2.31. The smallest absolute Gasteiger partial charge is 0.332 e. The van der Waals surface area contributed by atoms with Crippen LogP contribution in [-0.2, 0) is 20.1 Å². The van der Waals surface area contributed by atoms with Crippen molar-refractivity contribution in [3.63, 3.8) is 0 Å². The Bertz CT molecular complexity index is 1480. The van der Waals surface area contributed by atoms with E-state index in [-0.39, 0.29) is 23.7 Å². The normalized spacial score (nSPS) is 15.6. The van der Waals surface area contributed by atoms with Crippen LogP contribution in [0.25, 0.3) is 11.2 Å². The fraction of sp³-hybridized carbons (Fsp3) is 0.320. The molecule has 170 valence electrons. The van der Waals surface area contributed by atoms with Crippen molar-refractivity contribution in [1.82, 2.24) is 18.7 Å². The molecule has 0 radical (unpaired) electrons. The minimum atomic E-state index is -0.372. The van der Waals surface area contributed by atoms with E-state index in [9.17, 15) is 9.59 Å². The fourth-order valence-electron chi connectivity index (χ4n) is 4.66. The summed E-state index contributed by atoms with van der Waals surface area (Å²) in [5.41, 5.74) is 3.03. The highest BCUT2D eigenvalue weighted by atomic mass is 16.5. The topological polar surface area (TPSA) is 74.3 Å². The van der Waals surface area contributed by atoms with Gasteiger partial charge in [0.1, 0.15) is 5.75 Å². The van der Waals surface area contributed by atoms with Crippen molar-refractivity contribution >= 4 is 22.8 Å². The van der Waals surface area contributed by atoms with Crippen LogP contribution in [-0.4, -0.2) is 32.3 Å². The summed E-state index contributed by atoms with van der Waals surface area (Å²) >= 11 is 0. The second-order valence-corrected chi connectivity index (χ2v) is 8.74. The van der Waals surface area contributed by atoms with E-state index in [4.69, 9.17) is 9.72 Å². The van der Waals surface area contributed by atoms with Crippen LogP contribution >= 0.6 is 0 Å². The lowest BCUT2D eigenvalue weighted by molar-refractivity contribution is 0.409. The second-order valence-electron chi connectivity index (χ2n) is 8.74. The summed E-state index contributed by atoms with van der Waals surface area (Å²) in [5.74, 6) is 1.64. The van der Waals surface area contributed by atoms with Gasteiger partial charge in [-0.3, -0.25) is 13.9 Å². The van der Waals surface area contributed by atoms with E-state index < -0.39 is 0 Å². The van der Waals surface area contributed by atoms with Crippen molar-refractivity contribution < 1.29 is 4.74 Å². The second kappa shape index (κ2) is 7.95. The highest BCUT2D eigenvalue weighted by Crippen LogP contribution is 2.37. The number of aromatic nitrogens is 4. The van der Waals surface area contributed by atoms with Gasteiger partial charge < -0.3 is 14.2 Å². The molecule has 1 aliphatic heterocycles. The summed E-state index contributed by atoms with van der Waals surface area (Å²) in [7, 11) is 3.32. The molecule has 0 N–H and O–H groups in total. The Hall–Kier alpha value is -3.81. The van der Waals surface area contributed by atoms with E-state index in [2.05, 4.69) is 11.8 Å². The minimum Gasteiger partial charge on any atom is -0.495 e. The molecule has 8 heteroatoms. The van der Waals surface area contributed by atoms with Gasteiger partial charge in [-0.05, 0) is 36.1 Å². The third kappa shape index (κ3) is 3.33. The molecule has 5 rings (SSSR count). The quantitative estimate of drug-likeness (QED) is 0.483. The van der Waals surface area contributed by atoms with Crippen molar-refractivity contribution in [2.24, 2.45) is 13.0 Å². The molecule has 33 heavy (non-hydrogen) atoms. The third-order valence-corrected chi connectivity index (χ3v) is 6.41. The van der Waals surface area contributed by atoms with Gasteiger partial charge in [-0.1, -0.05) is 43.3 Å². The zero-order valence-corrected chi connectivity index (χ0v) is 19.3. The monoisotopic (exact) mass is 445 g/mol. The van der Waals surface area contributed by atoms with Crippen LogP contribution in [0.4, 0.5) is 11.6 Å². The molecule has 2 aromatic heterocycles. The fourth-order valence-corrected chi connectivity index (χ4v) is 4.66. The SMILES string of the molecule is COc1ccccc1N1CC(C)Cn2c1nc1c2c(=O)n(Cc2ccccc2C)c(=O)n1C. The van der Waals surface area contributed by atoms with Crippen LogP contribution in [0.15, 0.2) is 58.1 Å². The Labute approximate surface area is 191 Å². The van der Waals surface area contributed by atoms with Crippen LogP contribution in [0, 0.1) is 12.8 Å². The molecule has 3 heterocycles. The first kappa shape index (κ1) is 21.1. The van der Waals surface area contributed by atoms with E-state index in [1.54, 1.807) is 14.2 Å². The first-order valence-corrected chi connectivity index (χ1v) is 11.1. The summed E-state index contributed by atoms with van der Waals surface area (Å²) in [4.78, 5) is 33.7. The van der Waals surface area contributed by atoms with Crippen molar-refractivity contribution in [2.75, 3.05) is 18.6 Å². The van der Waals surface area contributed by atoms with Gasteiger partial charge in [-0.25, -0.2) is 4.79 Å². The molecule has 0 amide bonds. The number of hydrogen-bond donors (Lipinski definition) is 0. The van der Waals surface area contributed by atoms with Gasteiger partial charge in [-0.2, -0.15) is 4.98 Å². The summed E-state index contributed by atoms with van der Waals surface area (Å²) in [6.45, 7) is 5.73. The van der Waals surface area contributed by atoms with Crippen LogP contribution < -0.4 is 20.9 Å². The van der Waals surface area contributed by atoms with Crippen LogP contribution in [0.5, 0.6) is 5.75 Å². The van der Waals surface area contributed by atoms with Gasteiger partial charge in [0.25, 0.3) is 5.56 Å². The largest absolute Gasteiger partial charge is 0.495 e. The predicted octanol–water partition coefficient (Wildman–Crippen LogP) is 3.05. The van der Waals surface area contributed by atoms with E-state index in [1.165, 1.54) is 9.13 Å². The number of ether oxygens (including phenoxy) is 1. The lowest BCUT2D eigenvalue weighted by Gasteiger charge is -2.33. The first-order valence-electron chi connectivity index (χ1n) is 11.1. The average Bonchev–Trinajstić information content (AvgIpc) is 3.20. The van der Waals surface area contributed by atoms with Gasteiger partial charge in [0, 0.05) is 20.1 Å². The van der Waals surface area contributed by atoms with E-state index in [0.29, 0.717) is 23.7 Å². The van der Waals surface area contributed by atoms with Crippen molar-refractivity contribution in [1.29, 1.82) is 0 Å². The maximum Gasteiger partial charge on any atom is 0.332 e. The van der Waals surface area contributed by atoms with Gasteiger partial charge in [-0.15, -0.1) is 0 Å². The maximum atomic E-state index is 13.7. The number of methoxy groups -OCH3 is 1. The van der Waals surface area contributed by atoms with Crippen LogP contribution in [0.2, 0.25) is 0 Å². The Morgan fingerprint density at radius 2 is 1.79 bits per heavy atom. The molecule has 0 spiro atoms. The molecule has 0 bridgehead atoms. The number of hydrogen-bond acceptors (Lipinski definition) is 5. The molecular formula is C25H27N5O3. The molecule has 1 unspecified atom stereocenters. The Morgan fingerprint density at radius 1 is 1.06 bits per heavy atom. The molecule has 1 atom stereocenters. The van der Waals surface area contributed by atoms with Crippen molar-refractivity contribution in [3.05, 3.63) is 80.5 Å². The third-order valence-electron chi connectivity index (χ3n) is 6.41. The Balaban J connectivity index is 1.74. The van der Waals surface area contributed by atoms with E-state index >= 15 is 0 Å². The van der Waals surface area contributed by atoms with Crippen LogP contribution in [0.1, 0.15) is 18.1 Å². The molecule has 2 aromatic carbocycles. The molecule has 0 saturated carbocycles. The molecule has 8 nitrogen and oxygen atoms in total. The molecular weight excluding hydrogens is 418 g/mol. The number of fused-ring (bicyclic) bond motifs is 3. The predicted molar refractivity (Wildman–Crippen MR) is 129 cm³/mol. The number of anilines is 2. The number of aryl methyl sites for hydroxylation is 2. The first-order chi connectivity index (χ1) is 15.9. The van der Waals surface area contributed by atoms with Gasteiger partial charge in [0.05, 0.1) is 19.3 Å². The Kier molecular flexibility index (Phi) is 5.08. The van der Waals surface area contributed by atoms with E-state index in [1.807, 2.05) is 60.0 Å². The lowest BCUT2D eigenvalue weighted by Crippen LogP contribution is -2.40. The zero-order chi connectivity index (χ0) is 23.3. The molecule has 1 aliphatic rings. The minimum absolute atomic E-state index is 0.223. The molecule has 0 saturated heterocycles. The Morgan fingerprint density at radius 3 is 2.55 bits per heavy atom. The average molecular weight is 446 g/mol. The molecule has 0 aliphatic carbocycles. The van der Waals surface area contributed by atoms with Gasteiger partial charge in [0.15, 0.2) is 11.2 Å². The number of para-hydroxylation sites is 2. The summed E-state index contributed by atoms with van der Waals surface area (Å²) in [5, 5.41) is 0. The lowest BCUT2D eigenvalue weighted by atomic mass is 10.1. The standard InChI is InChI=1S/C25H27N5O3/c1-16-13-28(19-11-7-8-12-20(19)33-4)24-26-22-21(29(24)14-16)23(31)30(25(32)27(22)3)15-18-10-6-5-9-17(18)2/h5-12,16H,13-15H2,1-4H3. The number of imidazole rings is 1. The zero-order valence-electron chi connectivity index (χ0n) is 19.3. The van der Waals surface area contributed by atoms with Gasteiger partial charge >= 0.3 is 5.69 Å². The summed E-state index contributed by atoms with van der Waals surface area (Å²) in [6, 6.07) is 15.6. The van der Waals surface area contributed by atoms with E-state index in [0.717, 1.165) is 29.1 Å². The highest BCUT2D eigenvalue weighted by molar-refractivity contribution is 5.78. The maximum absolute atomic E-state index is 13.7. The number of rotatable bonds is 4. The van der Waals surface area contributed by atoms with Crippen LogP contribution in [0.3, 0.4) is 0 Å².